The van der Waals surface area contributed by atoms with Gasteiger partial charge in [-0.3, -0.25) is 0 Å². The van der Waals surface area contributed by atoms with Crippen LogP contribution < -0.4 is 5.32 Å². The third-order valence-corrected chi connectivity index (χ3v) is 3.97. The highest BCUT2D eigenvalue weighted by Gasteiger charge is 2.30. The zero-order valence-electron chi connectivity index (χ0n) is 11.6. The molecule has 2 N–H and O–H groups in total. The van der Waals surface area contributed by atoms with E-state index in [0.29, 0.717) is 0 Å². The van der Waals surface area contributed by atoms with E-state index in [1.807, 2.05) is 6.92 Å². The Balaban J connectivity index is 2.57. The molecule has 6 heteroatoms. The van der Waals surface area contributed by atoms with Gasteiger partial charge in [0.1, 0.15) is 0 Å². The van der Waals surface area contributed by atoms with Gasteiger partial charge in [0.2, 0.25) is 0 Å². The summed E-state index contributed by atoms with van der Waals surface area (Å²) >= 11 is 1.78. The molecule has 0 aliphatic carbocycles. The summed E-state index contributed by atoms with van der Waals surface area (Å²) in [5.74, 6) is 1.92. The van der Waals surface area contributed by atoms with Gasteiger partial charge in [0.25, 0.3) is 0 Å². The van der Waals surface area contributed by atoms with Crippen LogP contribution in [0.2, 0.25) is 0 Å². The molecule has 0 bridgehead atoms. The summed E-state index contributed by atoms with van der Waals surface area (Å²) in [6, 6.07) is 5.03. The van der Waals surface area contributed by atoms with E-state index in [0.717, 1.165) is 23.6 Å². The first-order chi connectivity index (χ1) is 9.34. The highest BCUT2D eigenvalue weighted by atomic mass is 32.2. The highest BCUT2D eigenvalue weighted by Crippen LogP contribution is 2.30. The van der Waals surface area contributed by atoms with Crippen LogP contribution in [0.25, 0.3) is 0 Å². The molecule has 0 radical (unpaired) electrons. The van der Waals surface area contributed by atoms with Gasteiger partial charge in [0.15, 0.2) is 0 Å². The van der Waals surface area contributed by atoms with Crippen molar-refractivity contribution in [3.63, 3.8) is 0 Å². The molecule has 0 aromatic heterocycles. The number of hydrogen-bond donors (Lipinski definition) is 2. The van der Waals surface area contributed by atoms with Gasteiger partial charge < -0.3 is 10.4 Å². The SMILES string of the molecule is CCSCC(C)NCC(O)c1cccc(C(F)(F)F)c1. The minimum Gasteiger partial charge on any atom is -0.387 e. The van der Waals surface area contributed by atoms with Gasteiger partial charge in [-0.1, -0.05) is 19.1 Å². The lowest BCUT2D eigenvalue weighted by atomic mass is 10.1. The Morgan fingerprint density at radius 2 is 2.05 bits per heavy atom. The summed E-state index contributed by atoms with van der Waals surface area (Å²) in [5, 5.41) is 13.1. The number of thioether (sulfide) groups is 1. The minimum atomic E-state index is -4.38. The Labute approximate surface area is 121 Å². The van der Waals surface area contributed by atoms with Crippen molar-refractivity contribution in [2.45, 2.75) is 32.2 Å². The summed E-state index contributed by atoms with van der Waals surface area (Å²) in [4.78, 5) is 0. The molecule has 0 amide bonds. The minimum absolute atomic E-state index is 0.209. The first-order valence-corrected chi connectivity index (χ1v) is 7.66. The first kappa shape index (κ1) is 17.3. The second-order valence-corrected chi connectivity index (χ2v) is 5.93. The van der Waals surface area contributed by atoms with E-state index in [1.54, 1.807) is 11.8 Å². The smallest absolute Gasteiger partial charge is 0.387 e. The van der Waals surface area contributed by atoms with Crippen LogP contribution in [0, 0.1) is 0 Å². The van der Waals surface area contributed by atoms with E-state index in [4.69, 9.17) is 0 Å². The van der Waals surface area contributed by atoms with Crippen LogP contribution in [0.15, 0.2) is 24.3 Å². The topological polar surface area (TPSA) is 32.3 Å². The maximum Gasteiger partial charge on any atom is 0.416 e. The molecule has 1 aromatic carbocycles. The third kappa shape index (κ3) is 5.73. The summed E-state index contributed by atoms with van der Waals surface area (Å²) in [7, 11) is 0. The van der Waals surface area contributed by atoms with Gasteiger partial charge in [0.05, 0.1) is 11.7 Å². The zero-order valence-corrected chi connectivity index (χ0v) is 12.4. The largest absolute Gasteiger partial charge is 0.416 e. The first-order valence-electron chi connectivity index (χ1n) is 6.51. The molecule has 0 saturated carbocycles. The highest BCUT2D eigenvalue weighted by molar-refractivity contribution is 7.99. The summed E-state index contributed by atoms with van der Waals surface area (Å²) in [6.45, 7) is 4.29. The number of halogens is 3. The van der Waals surface area contributed by atoms with Crippen LogP contribution in [-0.2, 0) is 6.18 Å². The second kappa shape index (κ2) is 7.90. The molecule has 0 aliphatic rings. The lowest BCUT2D eigenvalue weighted by Gasteiger charge is -2.18. The number of rotatable bonds is 7. The molecule has 2 nitrogen and oxygen atoms in total. The lowest BCUT2D eigenvalue weighted by molar-refractivity contribution is -0.137. The number of hydrogen-bond acceptors (Lipinski definition) is 3. The van der Waals surface area contributed by atoms with Crippen molar-refractivity contribution in [3.05, 3.63) is 35.4 Å². The van der Waals surface area contributed by atoms with Crippen molar-refractivity contribution < 1.29 is 18.3 Å². The van der Waals surface area contributed by atoms with Crippen LogP contribution in [0.4, 0.5) is 13.2 Å². The van der Waals surface area contributed by atoms with Gasteiger partial charge in [-0.05, 0) is 30.4 Å². The lowest BCUT2D eigenvalue weighted by Crippen LogP contribution is -2.32. The fourth-order valence-corrected chi connectivity index (χ4v) is 2.41. The average molecular weight is 307 g/mol. The van der Waals surface area contributed by atoms with Crippen molar-refractivity contribution >= 4 is 11.8 Å². The maximum absolute atomic E-state index is 12.6. The molecule has 114 valence electrons. The molecule has 0 spiro atoms. The fourth-order valence-electron chi connectivity index (χ4n) is 1.71. The van der Waals surface area contributed by atoms with Crippen LogP contribution in [0.1, 0.15) is 31.1 Å². The molecule has 0 fully saturated rings. The third-order valence-electron chi connectivity index (χ3n) is 2.83. The quantitative estimate of drug-likeness (QED) is 0.809. The summed E-state index contributed by atoms with van der Waals surface area (Å²) < 4.78 is 37.8. The number of alkyl halides is 3. The molecule has 0 heterocycles. The van der Waals surface area contributed by atoms with Crippen LogP contribution >= 0.6 is 11.8 Å². The van der Waals surface area contributed by atoms with Gasteiger partial charge in [-0.25, -0.2) is 0 Å². The van der Waals surface area contributed by atoms with Crippen LogP contribution in [0.3, 0.4) is 0 Å². The van der Waals surface area contributed by atoms with Crippen molar-refractivity contribution in [1.82, 2.24) is 5.32 Å². The maximum atomic E-state index is 12.6. The fraction of sp³-hybridized carbons (Fsp3) is 0.571. The van der Waals surface area contributed by atoms with E-state index in [-0.39, 0.29) is 18.2 Å². The Morgan fingerprint density at radius 3 is 2.65 bits per heavy atom. The zero-order chi connectivity index (χ0) is 15.2. The number of aliphatic hydroxyl groups excluding tert-OH is 1. The normalized spacial score (nSPS) is 15.1. The van der Waals surface area contributed by atoms with Crippen LogP contribution in [0.5, 0.6) is 0 Å². The van der Waals surface area contributed by atoms with Crippen molar-refractivity contribution in [1.29, 1.82) is 0 Å². The van der Waals surface area contributed by atoms with Gasteiger partial charge in [-0.15, -0.1) is 0 Å². The summed E-state index contributed by atoms with van der Waals surface area (Å²) in [5.41, 5.74) is -0.452. The van der Waals surface area contributed by atoms with Crippen molar-refractivity contribution in [2.75, 3.05) is 18.1 Å². The van der Waals surface area contributed by atoms with E-state index in [1.165, 1.54) is 12.1 Å². The molecule has 20 heavy (non-hydrogen) atoms. The molecule has 2 atom stereocenters. The van der Waals surface area contributed by atoms with E-state index < -0.39 is 17.8 Å². The predicted molar refractivity (Wildman–Crippen MR) is 76.9 cm³/mol. The van der Waals surface area contributed by atoms with E-state index >= 15 is 0 Å². The predicted octanol–water partition coefficient (Wildman–Crippen LogP) is 3.47. The van der Waals surface area contributed by atoms with E-state index in [2.05, 4.69) is 12.2 Å². The molecular weight excluding hydrogens is 287 g/mol. The number of aliphatic hydroxyl groups is 1. The Morgan fingerprint density at radius 1 is 1.35 bits per heavy atom. The molecule has 1 aromatic rings. The molecule has 0 saturated heterocycles. The molecule has 0 aliphatic heterocycles. The number of nitrogens with one attached hydrogen (secondary N) is 1. The molecular formula is C14H20F3NOS. The van der Waals surface area contributed by atoms with Gasteiger partial charge in [-0.2, -0.15) is 24.9 Å². The monoisotopic (exact) mass is 307 g/mol. The number of benzene rings is 1. The Kier molecular flexibility index (Phi) is 6.85. The van der Waals surface area contributed by atoms with Crippen molar-refractivity contribution in [2.24, 2.45) is 0 Å². The molecule has 2 unspecified atom stereocenters. The Bertz CT molecular complexity index is 412. The summed E-state index contributed by atoms with van der Waals surface area (Å²) in [6.07, 6.45) is -5.32. The van der Waals surface area contributed by atoms with Gasteiger partial charge in [0, 0.05) is 18.3 Å². The molecule has 1 rings (SSSR count). The van der Waals surface area contributed by atoms with Crippen LogP contribution in [-0.4, -0.2) is 29.2 Å². The van der Waals surface area contributed by atoms with Gasteiger partial charge >= 0.3 is 6.18 Å². The van der Waals surface area contributed by atoms with E-state index in [9.17, 15) is 18.3 Å². The second-order valence-electron chi connectivity index (χ2n) is 4.61. The average Bonchev–Trinajstić information content (AvgIpc) is 2.41. The Hall–Kier alpha value is -0.720. The standard InChI is InChI=1S/C14H20F3NOS/c1-3-20-9-10(2)18-8-13(19)11-5-4-6-12(7-11)14(15,16)17/h4-7,10,13,18-19H,3,8-9H2,1-2H3. The van der Waals surface area contributed by atoms with Crippen molar-refractivity contribution in [3.8, 4) is 0 Å².